The first kappa shape index (κ1) is 17.0. The number of carbonyl (C=O) groups is 2. The van der Waals surface area contributed by atoms with Crippen LogP contribution in [0, 0.1) is 5.92 Å². The zero-order chi connectivity index (χ0) is 16.8. The molecule has 0 spiro atoms. The van der Waals surface area contributed by atoms with Crippen LogP contribution < -0.4 is 5.32 Å². The van der Waals surface area contributed by atoms with Crippen molar-refractivity contribution in [2.45, 2.75) is 57.4 Å². The van der Waals surface area contributed by atoms with Crippen molar-refractivity contribution in [1.82, 2.24) is 10.2 Å². The third-order valence-electron chi connectivity index (χ3n) is 5.37. The highest BCUT2D eigenvalue weighted by molar-refractivity contribution is 5.89. The highest BCUT2D eigenvalue weighted by Crippen LogP contribution is 2.26. The minimum absolute atomic E-state index is 0.0267. The molecule has 130 valence electrons. The Morgan fingerprint density at radius 3 is 2.50 bits per heavy atom. The minimum Gasteiger partial charge on any atom is -0.354 e. The van der Waals surface area contributed by atoms with Gasteiger partial charge in [-0.1, -0.05) is 49.6 Å². The van der Waals surface area contributed by atoms with E-state index in [1.807, 2.05) is 23.1 Å². The summed E-state index contributed by atoms with van der Waals surface area (Å²) >= 11 is 0. The Morgan fingerprint density at radius 1 is 1.08 bits per heavy atom. The van der Waals surface area contributed by atoms with Gasteiger partial charge in [0, 0.05) is 19.5 Å². The molecule has 1 unspecified atom stereocenters. The number of hydrogen-bond donors (Lipinski definition) is 1. The number of nitrogens with one attached hydrogen (secondary N) is 1. The molecule has 4 nitrogen and oxygen atoms in total. The van der Waals surface area contributed by atoms with Crippen LogP contribution in [0.15, 0.2) is 30.3 Å². The van der Waals surface area contributed by atoms with Gasteiger partial charge < -0.3 is 10.2 Å². The van der Waals surface area contributed by atoms with Crippen LogP contribution in [0.2, 0.25) is 0 Å². The fourth-order valence-electron chi connectivity index (χ4n) is 3.97. The second-order valence-electron chi connectivity index (χ2n) is 7.13. The van der Waals surface area contributed by atoms with Crippen molar-refractivity contribution >= 4 is 11.8 Å². The fraction of sp³-hybridized carbons (Fsp3) is 0.600. The van der Waals surface area contributed by atoms with Crippen molar-refractivity contribution in [2.24, 2.45) is 5.92 Å². The summed E-state index contributed by atoms with van der Waals surface area (Å²) in [6.45, 7) is 1.45. The van der Waals surface area contributed by atoms with Gasteiger partial charge >= 0.3 is 0 Å². The van der Waals surface area contributed by atoms with E-state index in [1.165, 1.54) is 37.7 Å². The molecule has 0 radical (unpaired) electrons. The molecule has 1 N–H and O–H groups in total. The average molecular weight is 328 g/mol. The number of nitrogens with zero attached hydrogens (tertiary/aromatic N) is 1. The largest absolute Gasteiger partial charge is 0.354 e. The number of aryl methyl sites for hydroxylation is 1. The first-order valence-electron chi connectivity index (χ1n) is 9.35. The minimum atomic E-state index is -0.254. The summed E-state index contributed by atoms with van der Waals surface area (Å²) in [7, 11) is 0. The normalized spacial score (nSPS) is 21.5. The Morgan fingerprint density at radius 2 is 1.83 bits per heavy atom. The van der Waals surface area contributed by atoms with Crippen LogP contribution >= 0.6 is 0 Å². The summed E-state index contributed by atoms with van der Waals surface area (Å²) in [6.07, 6.45) is 8.19. The maximum absolute atomic E-state index is 12.9. The average Bonchev–Trinajstić information content (AvgIpc) is 3.05. The molecule has 2 fully saturated rings. The Balaban J connectivity index is 1.63. The van der Waals surface area contributed by atoms with Gasteiger partial charge in [-0.3, -0.25) is 9.59 Å². The number of benzene rings is 1. The molecule has 1 aromatic rings. The lowest BCUT2D eigenvalue weighted by molar-refractivity contribution is -0.139. The van der Waals surface area contributed by atoms with Crippen molar-refractivity contribution in [3.63, 3.8) is 0 Å². The van der Waals surface area contributed by atoms with E-state index < -0.39 is 0 Å². The van der Waals surface area contributed by atoms with Crippen LogP contribution in [0.25, 0.3) is 0 Å². The molecule has 2 amide bonds. The Kier molecular flexibility index (Phi) is 5.89. The quantitative estimate of drug-likeness (QED) is 0.873. The smallest absolute Gasteiger partial charge is 0.242 e. The molecule has 24 heavy (non-hydrogen) atoms. The molecule has 1 aliphatic heterocycles. The highest BCUT2D eigenvalue weighted by Gasteiger charge is 2.34. The third kappa shape index (κ3) is 4.37. The van der Waals surface area contributed by atoms with Gasteiger partial charge in [-0.2, -0.15) is 0 Å². The summed E-state index contributed by atoms with van der Waals surface area (Å²) in [5.74, 6) is 0.721. The lowest BCUT2D eigenvalue weighted by Gasteiger charge is -2.33. The maximum atomic E-state index is 12.9. The summed E-state index contributed by atoms with van der Waals surface area (Å²) in [5.41, 5.74) is 1.18. The third-order valence-corrected chi connectivity index (χ3v) is 5.37. The number of hydrogen-bond acceptors (Lipinski definition) is 2. The summed E-state index contributed by atoms with van der Waals surface area (Å²) in [6, 6.07) is 9.86. The van der Waals surface area contributed by atoms with Gasteiger partial charge in [0.25, 0.3) is 0 Å². The van der Waals surface area contributed by atoms with Gasteiger partial charge in [0.05, 0.1) is 0 Å². The van der Waals surface area contributed by atoms with E-state index in [0.29, 0.717) is 18.9 Å². The van der Waals surface area contributed by atoms with Gasteiger partial charge in [0.2, 0.25) is 11.8 Å². The highest BCUT2D eigenvalue weighted by atomic mass is 16.2. The van der Waals surface area contributed by atoms with Crippen molar-refractivity contribution in [2.75, 3.05) is 13.1 Å². The molecule has 1 aliphatic carbocycles. The topological polar surface area (TPSA) is 49.4 Å². The fourth-order valence-corrected chi connectivity index (χ4v) is 3.97. The molecule has 1 heterocycles. The van der Waals surface area contributed by atoms with Crippen molar-refractivity contribution in [1.29, 1.82) is 0 Å². The van der Waals surface area contributed by atoms with Gasteiger partial charge in [0.1, 0.15) is 6.04 Å². The van der Waals surface area contributed by atoms with Crippen LogP contribution in [-0.4, -0.2) is 35.8 Å². The van der Waals surface area contributed by atoms with Crippen molar-refractivity contribution in [3.05, 3.63) is 35.9 Å². The predicted molar refractivity (Wildman–Crippen MR) is 94.5 cm³/mol. The number of carbonyl (C=O) groups excluding carboxylic acids is 2. The molecule has 0 aromatic heterocycles. The first-order chi connectivity index (χ1) is 11.7. The molecule has 2 aliphatic rings. The van der Waals surface area contributed by atoms with E-state index in [-0.39, 0.29) is 17.9 Å². The van der Waals surface area contributed by atoms with Gasteiger partial charge in [-0.15, -0.1) is 0 Å². The summed E-state index contributed by atoms with van der Waals surface area (Å²) in [4.78, 5) is 26.9. The number of rotatable bonds is 6. The molecule has 3 rings (SSSR count). The Labute approximate surface area is 144 Å². The summed E-state index contributed by atoms with van der Waals surface area (Å²) < 4.78 is 0. The second-order valence-corrected chi connectivity index (χ2v) is 7.13. The SMILES string of the molecule is O=C1NCCC1N(CC1CCCCC1)C(=O)CCc1ccccc1. The van der Waals surface area contributed by atoms with Crippen LogP contribution in [0.5, 0.6) is 0 Å². The molecule has 0 bridgehead atoms. The van der Waals surface area contributed by atoms with E-state index in [1.54, 1.807) is 0 Å². The standard InChI is InChI=1S/C20H28N2O2/c23-19(12-11-16-7-3-1-4-8-16)22(18-13-14-21-20(18)24)15-17-9-5-2-6-10-17/h1,3-4,7-8,17-18H,2,5-6,9-15H2,(H,21,24). The van der Waals surface area contributed by atoms with Gasteiger partial charge in [-0.25, -0.2) is 0 Å². The van der Waals surface area contributed by atoms with E-state index in [4.69, 9.17) is 0 Å². The second kappa shape index (κ2) is 8.32. The van der Waals surface area contributed by atoms with Gasteiger partial charge in [-0.05, 0) is 37.2 Å². The van der Waals surface area contributed by atoms with Crippen molar-refractivity contribution < 1.29 is 9.59 Å². The van der Waals surface area contributed by atoms with E-state index >= 15 is 0 Å². The maximum Gasteiger partial charge on any atom is 0.242 e. The Hall–Kier alpha value is -1.84. The molecular formula is C20H28N2O2. The van der Waals surface area contributed by atoms with Crippen LogP contribution in [0.1, 0.15) is 50.5 Å². The molecule has 1 atom stereocenters. The lowest BCUT2D eigenvalue weighted by Crippen LogP contribution is -2.47. The first-order valence-corrected chi connectivity index (χ1v) is 9.35. The monoisotopic (exact) mass is 328 g/mol. The number of amides is 2. The molecule has 1 saturated carbocycles. The Bertz CT molecular complexity index is 552. The van der Waals surface area contributed by atoms with Crippen molar-refractivity contribution in [3.8, 4) is 0 Å². The van der Waals surface area contributed by atoms with Crippen LogP contribution in [0.3, 0.4) is 0 Å². The van der Waals surface area contributed by atoms with Crippen LogP contribution in [0.4, 0.5) is 0 Å². The molecule has 1 saturated heterocycles. The van der Waals surface area contributed by atoms with E-state index in [0.717, 1.165) is 19.4 Å². The van der Waals surface area contributed by atoms with E-state index in [2.05, 4.69) is 17.4 Å². The zero-order valence-corrected chi connectivity index (χ0v) is 14.4. The van der Waals surface area contributed by atoms with Gasteiger partial charge in [0.15, 0.2) is 0 Å². The van der Waals surface area contributed by atoms with Crippen LogP contribution in [-0.2, 0) is 16.0 Å². The molecule has 4 heteroatoms. The lowest BCUT2D eigenvalue weighted by atomic mass is 9.88. The molecular weight excluding hydrogens is 300 g/mol. The zero-order valence-electron chi connectivity index (χ0n) is 14.4. The predicted octanol–water partition coefficient (Wildman–Crippen LogP) is 2.92. The molecule has 1 aromatic carbocycles. The van der Waals surface area contributed by atoms with E-state index in [9.17, 15) is 9.59 Å². The summed E-state index contributed by atoms with van der Waals surface area (Å²) in [5, 5.41) is 2.88.